The smallest absolute Gasteiger partial charge is 0.282 e. The van der Waals surface area contributed by atoms with Crippen LogP contribution in [0.25, 0.3) is 5.57 Å². The lowest BCUT2D eigenvalue weighted by atomic mass is 10.0. The summed E-state index contributed by atoms with van der Waals surface area (Å²) in [4.78, 5) is 32.8. The molecule has 0 saturated carbocycles. The maximum atomic E-state index is 13.7. The highest BCUT2D eigenvalue weighted by Gasteiger charge is 2.43. The lowest BCUT2D eigenvalue weighted by Crippen LogP contribution is -2.48. The van der Waals surface area contributed by atoms with Gasteiger partial charge in [0.05, 0.1) is 24.5 Å². The molecule has 7 nitrogen and oxygen atoms in total. The van der Waals surface area contributed by atoms with Gasteiger partial charge in [-0.2, -0.15) is 0 Å². The third-order valence-electron chi connectivity index (χ3n) is 5.97. The van der Waals surface area contributed by atoms with Crippen molar-refractivity contribution in [1.82, 2.24) is 9.80 Å². The molecule has 1 N–H and O–H groups in total. The number of hydrogen-bond donors (Lipinski definition) is 1. The minimum atomic E-state index is -0.304. The van der Waals surface area contributed by atoms with Crippen LogP contribution in [0.5, 0.6) is 5.75 Å². The second-order valence-corrected chi connectivity index (χ2v) is 7.97. The van der Waals surface area contributed by atoms with Gasteiger partial charge in [0.15, 0.2) is 0 Å². The molecule has 32 heavy (non-hydrogen) atoms. The van der Waals surface area contributed by atoms with Crippen molar-refractivity contribution < 1.29 is 19.4 Å². The molecular weight excluding hydrogens is 406 g/mol. The van der Waals surface area contributed by atoms with Gasteiger partial charge in [0.25, 0.3) is 11.8 Å². The fourth-order valence-electron chi connectivity index (χ4n) is 4.33. The summed E-state index contributed by atoms with van der Waals surface area (Å²) in [6.45, 7) is 7.80. The van der Waals surface area contributed by atoms with E-state index in [4.69, 9.17) is 4.74 Å². The Bertz CT molecular complexity index is 1020. The number of aliphatic hydroxyl groups is 1. The van der Waals surface area contributed by atoms with Crippen molar-refractivity contribution in [3.05, 3.63) is 65.4 Å². The molecule has 0 aromatic heterocycles. The van der Waals surface area contributed by atoms with E-state index in [0.717, 1.165) is 24.4 Å². The van der Waals surface area contributed by atoms with Crippen LogP contribution in [0.1, 0.15) is 18.1 Å². The van der Waals surface area contributed by atoms with Gasteiger partial charge in [-0.1, -0.05) is 30.3 Å². The number of aryl methyl sites for hydroxylation is 1. The van der Waals surface area contributed by atoms with Crippen molar-refractivity contribution in [3.8, 4) is 5.75 Å². The summed E-state index contributed by atoms with van der Waals surface area (Å²) >= 11 is 0. The number of benzene rings is 2. The predicted octanol–water partition coefficient (Wildman–Crippen LogP) is 2.29. The first-order valence-electron chi connectivity index (χ1n) is 11.0. The number of aliphatic hydroxyl groups excluding tert-OH is 1. The van der Waals surface area contributed by atoms with E-state index in [0.29, 0.717) is 48.8 Å². The Morgan fingerprint density at radius 1 is 0.938 bits per heavy atom. The van der Waals surface area contributed by atoms with Crippen LogP contribution < -0.4 is 9.64 Å². The largest absolute Gasteiger partial charge is 0.494 e. The van der Waals surface area contributed by atoms with E-state index >= 15 is 0 Å². The summed E-state index contributed by atoms with van der Waals surface area (Å²) < 4.78 is 5.54. The molecule has 2 aromatic rings. The van der Waals surface area contributed by atoms with E-state index in [1.54, 1.807) is 0 Å². The number of nitrogens with zero attached hydrogens (tertiary/aromatic N) is 3. The maximum absolute atomic E-state index is 13.7. The van der Waals surface area contributed by atoms with Crippen LogP contribution >= 0.6 is 0 Å². The van der Waals surface area contributed by atoms with Gasteiger partial charge in [0.2, 0.25) is 0 Å². The number of rotatable bonds is 7. The molecule has 2 heterocycles. The minimum Gasteiger partial charge on any atom is -0.494 e. The number of piperazine rings is 1. The summed E-state index contributed by atoms with van der Waals surface area (Å²) in [6.07, 6.45) is 0. The van der Waals surface area contributed by atoms with Crippen molar-refractivity contribution in [2.45, 2.75) is 13.8 Å². The number of carbonyl (C=O) groups is 2. The Morgan fingerprint density at radius 2 is 1.62 bits per heavy atom. The molecule has 168 valence electrons. The molecule has 0 atom stereocenters. The van der Waals surface area contributed by atoms with E-state index in [1.165, 1.54) is 4.90 Å². The molecule has 7 heteroatoms. The quantitative estimate of drug-likeness (QED) is 0.673. The van der Waals surface area contributed by atoms with Crippen molar-refractivity contribution >= 4 is 23.1 Å². The second kappa shape index (κ2) is 9.54. The van der Waals surface area contributed by atoms with Crippen LogP contribution in [0, 0.1) is 6.92 Å². The van der Waals surface area contributed by atoms with Crippen LogP contribution in [0.15, 0.2) is 54.2 Å². The van der Waals surface area contributed by atoms with Gasteiger partial charge in [-0.15, -0.1) is 0 Å². The zero-order valence-electron chi connectivity index (χ0n) is 18.6. The molecule has 2 aromatic carbocycles. The molecule has 1 fully saturated rings. The Hall–Kier alpha value is -3.16. The summed E-state index contributed by atoms with van der Waals surface area (Å²) in [7, 11) is 0. The number of amides is 2. The van der Waals surface area contributed by atoms with Gasteiger partial charge < -0.3 is 14.7 Å². The zero-order chi connectivity index (χ0) is 22.7. The SMILES string of the molecule is CCOc1ccc(C2=C(N3CCN(CCO)CC3)C(=O)N(c3ccccc3C)C2=O)cc1. The number of anilines is 1. The Kier molecular flexibility index (Phi) is 6.58. The number of imide groups is 1. The fraction of sp³-hybridized carbons (Fsp3) is 0.360. The summed E-state index contributed by atoms with van der Waals surface area (Å²) in [5.41, 5.74) is 3.06. The topological polar surface area (TPSA) is 73.3 Å². The summed E-state index contributed by atoms with van der Waals surface area (Å²) in [6, 6.07) is 14.8. The van der Waals surface area contributed by atoms with E-state index in [1.807, 2.05) is 67.3 Å². The summed E-state index contributed by atoms with van der Waals surface area (Å²) in [5, 5.41) is 9.23. The highest BCUT2D eigenvalue weighted by molar-refractivity contribution is 6.45. The number of hydrogen-bond acceptors (Lipinski definition) is 6. The van der Waals surface area contributed by atoms with Crippen molar-refractivity contribution in [2.75, 3.05) is 50.8 Å². The van der Waals surface area contributed by atoms with Crippen LogP contribution in [-0.4, -0.2) is 72.7 Å². The van der Waals surface area contributed by atoms with Gasteiger partial charge in [-0.25, -0.2) is 4.90 Å². The molecular formula is C25H29N3O4. The number of para-hydroxylation sites is 1. The zero-order valence-corrected chi connectivity index (χ0v) is 18.6. The van der Waals surface area contributed by atoms with E-state index in [9.17, 15) is 14.7 Å². The molecule has 1 saturated heterocycles. The first-order chi connectivity index (χ1) is 15.5. The van der Waals surface area contributed by atoms with Crippen molar-refractivity contribution in [1.29, 1.82) is 0 Å². The fourth-order valence-corrected chi connectivity index (χ4v) is 4.33. The van der Waals surface area contributed by atoms with E-state index < -0.39 is 0 Å². The molecule has 2 aliphatic rings. The molecule has 0 radical (unpaired) electrons. The number of β-amino-alcohol motifs (C(OH)–C–C–N with tert-alkyl or cyclic N) is 1. The van der Waals surface area contributed by atoms with Gasteiger partial charge in [0, 0.05) is 32.7 Å². The predicted molar refractivity (Wildman–Crippen MR) is 123 cm³/mol. The molecule has 2 amide bonds. The molecule has 0 spiro atoms. The van der Waals surface area contributed by atoms with Crippen LogP contribution in [-0.2, 0) is 9.59 Å². The first kappa shape index (κ1) is 22.0. The Labute approximate surface area is 188 Å². The van der Waals surface area contributed by atoms with E-state index in [2.05, 4.69) is 4.90 Å². The monoisotopic (exact) mass is 435 g/mol. The molecule has 0 unspecified atom stereocenters. The van der Waals surface area contributed by atoms with Gasteiger partial charge in [-0.3, -0.25) is 14.5 Å². The van der Waals surface area contributed by atoms with Crippen LogP contribution in [0.2, 0.25) is 0 Å². The number of carbonyl (C=O) groups excluding carboxylic acids is 2. The first-order valence-corrected chi connectivity index (χ1v) is 11.0. The van der Waals surface area contributed by atoms with E-state index in [-0.39, 0.29) is 18.4 Å². The Morgan fingerprint density at radius 3 is 2.25 bits per heavy atom. The van der Waals surface area contributed by atoms with Gasteiger partial charge in [-0.05, 0) is 43.2 Å². The lowest BCUT2D eigenvalue weighted by molar-refractivity contribution is -0.120. The minimum absolute atomic E-state index is 0.110. The van der Waals surface area contributed by atoms with Crippen LogP contribution in [0.3, 0.4) is 0 Å². The molecule has 4 rings (SSSR count). The van der Waals surface area contributed by atoms with Crippen molar-refractivity contribution in [3.63, 3.8) is 0 Å². The number of ether oxygens (including phenoxy) is 1. The second-order valence-electron chi connectivity index (χ2n) is 7.97. The third kappa shape index (κ3) is 4.13. The highest BCUT2D eigenvalue weighted by atomic mass is 16.5. The average molecular weight is 436 g/mol. The molecule has 0 aliphatic carbocycles. The average Bonchev–Trinajstić information content (AvgIpc) is 3.06. The Balaban J connectivity index is 1.73. The highest BCUT2D eigenvalue weighted by Crippen LogP contribution is 2.36. The van der Waals surface area contributed by atoms with Gasteiger partial charge in [0.1, 0.15) is 11.4 Å². The van der Waals surface area contributed by atoms with Crippen molar-refractivity contribution in [2.24, 2.45) is 0 Å². The normalized spacial score (nSPS) is 17.5. The summed E-state index contributed by atoms with van der Waals surface area (Å²) in [5.74, 6) is 0.133. The lowest BCUT2D eigenvalue weighted by Gasteiger charge is -2.36. The molecule has 0 bridgehead atoms. The van der Waals surface area contributed by atoms with Crippen LogP contribution in [0.4, 0.5) is 5.69 Å². The standard InChI is InChI=1S/C25H29N3O4/c1-3-32-20-10-8-19(9-11-20)22-23(27-14-12-26(13-15-27)16-17-29)25(31)28(24(22)30)21-7-5-4-6-18(21)2/h4-11,29H,3,12-17H2,1-2H3. The maximum Gasteiger partial charge on any atom is 0.282 e. The third-order valence-corrected chi connectivity index (χ3v) is 5.97. The molecule has 2 aliphatic heterocycles. The van der Waals surface area contributed by atoms with Gasteiger partial charge >= 0.3 is 0 Å².